The largest absolute Gasteiger partial charge is 0.508 e. The molecule has 2 aromatic carbocycles. The van der Waals surface area contributed by atoms with Crippen LogP contribution < -0.4 is 4.74 Å². The zero-order chi connectivity index (χ0) is 12.3. The average Bonchev–Trinajstić information content (AvgIpc) is 2.36. The van der Waals surface area contributed by atoms with E-state index in [1.807, 2.05) is 43.3 Å². The van der Waals surface area contributed by atoms with Gasteiger partial charge in [-0.25, -0.2) is 0 Å². The summed E-state index contributed by atoms with van der Waals surface area (Å²) in [5, 5.41) is 9.63. The van der Waals surface area contributed by atoms with Crippen LogP contribution in [0.3, 0.4) is 0 Å². The molecule has 2 rings (SSSR count). The molecule has 0 atom stereocenters. The second-order valence-corrected chi connectivity index (χ2v) is 4.77. The molecular weight excluding hydrogens is 232 g/mol. The van der Waals surface area contributed by atoms with Gasteiger partial charge in [0.25, 0.3) is 0 Å². The highest BCUT2D eigenvalue weighted by Gasteiger charge is 2.10. The fourth-order valence-corrected chi connectivity index (χ4v) is 2.62. The fraction of sp³-hybridized carbons (Fsp3) is 0.143. The van der Waals surface area contributed by atoms with Crippen LogP contribution in [0.5, 0.6) is 11.5 Å². The normalized spacial score (nSPS) is 10.2. The highest BCUT2D eigenvalue weighted by Crippen LogP contribution is 2.39. The van der Waals surface area contributed by atoms with E-state index < -0.39 is 0 Å². The first kappa shape index (κ1) is 11.9. The Hall–Kier alpha value is -1.61. The van der Waals surface area contributed by atoms with E-state index in [1.165, 1.54) is 0 Å². The van der Waals surface area contributed by atoms with Crippen LogP contribution >= 0.6 is 11.8 Å². The van der Waals surface area contributed by atoms with Gasteiger partial charge in [-0.05, 0) is 31.2 Å². The van der Waals surface area contributed by atoms with Crippen LogP contribution in [0.4, 0.5) is 0 Å². The Kier molecular flexibility index (Phi) is 3.59. The van der Waals surface area contributed by atoms with Gasteiger partial charge in [-0.1, -0.05) is 30.0 Å². The van der Waals surface area contributed by atoms with Gasteiger partial charge in [-0.2, -0.15) is 0 Å². The van der Waals surface area contributed by atoms with Gasteiger partial charge in [0.15, 0.2) is 0 Å². The molecule has 17 heavy (non-hydrogen) atoms. The molecule has 0 aliphatic heterocycles. The van der Waals surface area contributed by atoms with Gasteiger partial charge in [0.1, 0.15) is 11.5 Å². The van der Waals surface area contributed by atoms with E-state index >= 15 is 0 Å². The maximum Gasteiger partial charge on any atom is 0.139 e. The maximum atomic E-state index is 9.63. The van der Waals surface area contributed by atoms with Gasteiger partial charge in [-0.3, -0.25) is 0 Å². The number of phenolic OH excluding ortho intramolecular Hbond substituents is 1. The molecule has 0 bridgehead atoms. The zero-order valence-corrected chi connectivity index (χ0v) is 10.6. The second kappa shape index (κ2) is 5.15. The van der Waals surface area contributed by atoms with Crippen molar-refractivity contribution in [3.05, 3.63) is 48.0 Å². The SMILES string of the molecule is COc1c(Sc2ccccc2)ccc(O)c1C. The van der Waals surface area contributed by atoms with Gasteiger partial charge in [-0.15, -0.1) is 0 Å². The van der Waals surface area contributed by atoms with Gasteiger partial charge in [0.05, 0.1) is 12.0 Å². The highest BCUT2D eigenvalue weighted by atomic mass is 32.2. The van der Waals surface area contributed by atoms with E-state index in [4.69, 9.17) is 4.74 Å². The number of benzene rings is 2. The smallest absolute Gasteiger partial charge is 0.139 e. The molecule has 0 aliphatic carbocycles. The molecule has 88 valence electrons. The minimum absolute atomic E-state index is 0.263. The number of ether oxygens (including phenoxy) is 1. The number of rotatable bonds is 3. The Labute approximate surface area is 105 Å². The third-order valence-corrected chi connectivity index (χ3v) is 3.57. The highest BCUT2D eigenvalue weighted by molar-refractivity contribution is 7.99. The van der Waals surface area contributed by atoms with Crippen LogP contribution in [-0.2, 0) is 0 Å². The summed E-state index contributed by atoms with van der Waals surface area (Å²) in [5.74, 6) is 0.998. The minimum atomic E-state index is 0.263. The molecule has 0 amide bonds. The van der Waals surface area contributed by atoms with Crippen molar-refractivity contribution < 1.29 is 9.84 Å². The van der Waals surface area contributed by atoms with E-state index in [-0.39, 0.29) is 5.75 Å². The number of phenols is 1. The van der Waals surface area contributed by atoms with Gasteiger partial charge >= 0.3 is 0 Å². The van der Waals surface area contributed by atoms with Crippen molar-refractivity contribution >= 4 is 11.8 Å². The van der Waals surface area contributed by atoms with Crippen LogP contribution in [-0.4, -0.2) is 12.2 Å². The summed E-state index contributed by atoms with van der Waals surface area (Å²) < 4.78 is 5.35. The van der Waals surface area contributed by atoms with Crippen LogP contribution in [0.25, 0.3) is 0 Å². The Morgan fingerprint density at radius 2 is 1.76 bits per heavy atom. The van der Waals surface area contributed by atoms with Crippen molar-refractivity contribution in [2.24, 2.45) is 0 Å². The molecule has 0 saturated carbocycles. The fourth-order valence-electron chi connectivity index (χ4n) is 1.61. The first-order valence-electron chi connectivity index (χ1n) is 5.32. The lowest BCUT2D eigenvalue weighted by Gasteiger charge is -2.12. The average molecular weight is 246 g/mol. The quantitative estimate of drug-likeness (QED) is 0.891. The number of hydrogen-bond donors (Lipinski definition) is 1. The van der Waals surface area contributed by atoms with E-state index in [0.717, 1.165) is 21.1 Å². The maximum absolute atomic E-state index is 9.63. The molecular formula is C14H14O2S. The minimum Gasteiger partial charge on any atom is -0.508 e. The van der Waals surface area contributed by atoms with Gasteiger partial charge in [0, 0.05) is 10.5 Å². The van der Waals surface area contributed by atoms with E-state index in [1.54, 1.807) is 24.9 Å². The molecule has 0 fully saturated rings. The van der Waals surface area contributed by atoms with Crippen molar-refractivity contribution in [2.45, 2.75) is 16.7 Å². The lowest BCUT2D eigenvalue weighted by atomic mass is 10.2. The zero-order valence-electron chi connectivity index (χ0n) is 9.81. The standard InChI is InChI=1S/C14H14O2S/c1-10-12(15)8-9-13(14(10)16-2)17-11-6-4-3-5-7-11/h3-9,15H,1-2H3. The molecule has 0 radical (unpaired) electrons. The van der Waals surface area contributed by atoms with E-state index in [0.29, 0.717) is 0 Å². The van der Waals surface area contributed by atoms with Crippen LogP contribution in [0.2, 0.25) is 0 Å². The van der Waals surface area contributed by atoms with Gasteiger partial charge in [0.2, 0.25) is 0 Å². The molecule has 2 nitrogen and oxygen atoms in total. The molecule has 2 aromatic rings. The van der Waals surface area contributed by atoms with Crippen molar-refractivity contribution in [2.75, 3.05) is 7.11 Å². The Morgan fingerprint density at radius 3 is 2.41 bits per heavy atom. The van der Waals surface area contributed by atoms with Crippen LogP contribution in [0, 0.1) is 6.92 Å². The second-order valence-electron chi connectivity index (χ2n) is 3.66. The Balaban J connectivity index is 2.37. The summed E-state index contributed by atoms with van der Waals surface area (Å²) in [6.45, 7) is 1.85. The molecule has 3 heteroatoms. The summed E-state index contributed by atoms with van der Waals surface area (Å²) in [7, 11) is 1.62. The summed E-state index contributed by atoms with van der Waals surface area (Å²) >= 11 is 1.63. The first-order valence-corrected chi connectivity index (χ1v) is 6.13. The predicted molar refractivity (Wildman–Crippen MR) is 70.0 cm³/mol. The molecule has 0 spiro atoms. The number of hydrogen-bond acceptors (Lipinski definition) is 3. The van der Waals surface area contributed by atoms with Gasteiger partial charge < -0.3 is 9.84 Å². The monoisotopic (exact) mass is 246 g/mol. The summed E-state index contributed by atoms with van der Waals surface area (Å²) in [6, 6.07) is 13.7. The van der Waals surface area contributed by atoms with Crippen molar-refractivity contribution in [3.8, 4) is 11.5 Å². The topological polar surface area (TPSA) is 29.5 Å². The number of methoxy groups -OCH3 is 1. The molecule has 0 aliphatic rings. The molecule has 0 saturated heterocycles. The lowest BCUT2D eigenvalue weighted by Crippen LogP contribution is -1.90. The van der Waals surface area contributed by atoms with Crippen molar-refractivity contribution in [3.63, 3.8) is 0 Å². The summed E-state index contributed by atoms with van der Waals surface area (Å²) in [5.41, 5.74) is 0.772. The van der Waals surface area contributed by atoms with Crippen LogP contribution in [0.1, 0.15) is 5.56 Å². The Bertz CT molecular complexity index is 509. The number of aromatic hydroxyl groups is 1. The van der Waals surface area contributed by atoms with E-state index in [2.05, 4.69) is 0 Å². The summed E-state index contributed by atoms with van der Waals surface area (Å²) in [6.07, 6.45) is 0. The van der Waals surface area contributed by atoms with E-state index in [9.17, 15) is 5.11 Å². The summed E-state index contributed by atoms with van der Waals surface area (Å²) in [4.78, 5) is 2.16. The predicted octanol–water partition coefficient (Wildman–Crippen LogP) is 3.86. The molecule has 1 N–H and O–H groups in total. The lowest BCUT2D eigenvalue weighted by molar-refractivity contribution is 0.393. The molecule has 0 unspecified atom stereocenters. The van der Waals surface area contributed by atoms with Crippen LogP contribution in [0.15, 0.2) is 52.3 Å². The van der Waals surface area contributed by atoms with Crippen molar-refractivity contribution in [1.82, 2.24) is 0 Å². The molecule has 0 aromatic heterocycles. The first-order chi connectivity index (χ1) is 8.22. The third kappa shape index (κ3) is 2.56. The third-order valence-electron chi connectivity index (χ3n) is 2.52. The Morgan fingerprint density at radius 1 is 1.06 bits per heavy atom. The van der Waals surface area contributed by atoms with Crippen molar-refractivity contribution in [1.29, 1.82) is 0 Å². The molecule has 0 heterocycles.